The maximum atomic E-state index is 12.4. The van der Waals surface area contributed by atoms with Gasteiger partial charge in [0.1, 0.15) is 6.04 Å². The van der Waals surface area contributed by atoms with E-state index in [-0.39, 0.29) is 0 Å². The lowest BCUT2D eigenvalue weighted by molar-refractivity contribution is -0.140. The molecule has 1 saturated heterocycles. The number of nitrogens with zero attached hydrogens (tertiary/aromatic N) is 2. The fourth-order valence-electron chi connectivity index (χ4n) is 2.25. The van der Waals surface area contributed by atoms with E-state index in [2.05, 4.69) is 0 Å². The fourth-order valence-corrected chi connectivity index (χ4v) is 4.25. The van der Waals surface area contributed by atoms with Gasteiger partial charge >= 0.3 is 5.97 Å². The Morgan fingerprint density at radius 2 is 1.89 bits per heavy atom. The molecular formula is C11H22N2O4S. The molecule has 0 aromatic rings. The van der Waals surface area contributed by atoms with Crippen LogP contribution in [0.1, 0.15) is 39.5 Å². The molecule has 7 heteroatoms. The second-order valence-corrected chi connectivity index (χ2v) is 6.39. The van der Waals surface area contributed by atoms with Crippen molar-refractivity contribution in [3.63, 3.8) is 0 Å². The monoisotopic (exact) mass is 278 g/mol. The lowest BCUT2D eigenvalue weighted by atomic mass is 10.2. The van der Waals surface area contributed by atoms with Gasteiger partial charge < -0.3 is 5.11 Å². The van der Waals surface area contributed by atoms with Gasteiger partial charge in [0.15, 0.2) is 0 Å². The summed E-state index contributed by atoms with van der Waals surface area (Å²) in [5.41, 5.74) is 0. The summed E-state index contributed by atoms with van der Waals surface area (Å²) in [6.07, 6.45) is 2.47. The summed E-state index contributed by atoms with van der Waals surface area (Å²) < 4.78 is 27.4. The summed E-state index contributed by atoms with van der Waals surface area (Å²) >= 11 is 0. The SMILES string of the molecule is CCCN(CCC)S(=O)(=O)N1CCC[C@@H]1C(=O)O. The number of aliphatic carboxylic acids is 1. The Balaban J connectivity index is 2.92. The standard InChI is InChI=1S/C11H22N2O4S/c1-3-7-12(8-4-2)18(16,17)13-9-5-6-10(13)11(14)15/h10H,3-9H2,1-2H3,(H,14,15)/t10-/m1/s1. The van der Waals surface area contributed by atoms with E-state index in [0.29, 0.717) is 32.5 Å². The van der Waals surface area contributed by atoms with Gasteiger partial charge in [-0.05, 0) is 25.7 Å². The summed E-state index contributed by atoms with van der Waals surface area (Å²) in [6.45, 7) is 5.02. The first kappa shape index (κ1) is 15.4. The molecule has 0 unspecified atom stereocenters. The van der Waals surface area contributed by atoms with E-state index in [9.17, 15) is 13.2 Å². The van der Waals surface area contributed by atoms with Crippen molar-refractivity contribution < 1.29 is 18.3 Å². The minimum atomic E-state index is -3.63. The van der Waals surface area contributed by atoms with Crippen molar-refractivity contribution in [3.05, 3.63) is 0 Å². The van der Waals surface area contributed by atoms with Crippen molar-refractivity contribution in [2.24, 2.45) is 0 Å². The molecule has 0 amide bonds. The van der Waals surface area contributed by atoms with Gasteiger partial charge in [-0.3, -0.25) is 4.79 Å². The molecule has 1 atom stereocenters. The summed E-state index contributed by atoms with van der Waals surface area (Å²) in [6, 6.07) is -0.897. The number of carboxylic acids is 1. The Kier molecular flexibility index (Phi) is 5.55. The van der Waals surface area contributed by atoms with Crippen molar-refractivity contribution in [1.29, 1.82) is 0 Å². The molecule has 0 radical (unpaired) electrons. The van der Waals surface area contributed by atoms with Crippen LogP contribution in [-0.4, -0.2) is 53.8 Å². The zero-order valence-corrected chi connectivity index (χ0v) is 11.8. The molecule has 1 N–H and O–H groups in total. The average Bonchev–Trinajstić information content (AvgIpc) is 2.78. The first-order valence-electron chi connectivity index (χ1n) is 6.44. The molecule has 106 valence electrons. The van der Waals surface area contributed by atoms with Crippen molar-refractivity contribution in [1.82, 2.24) is 8.61 Å². The highest BCUT2D eigenvalue weighted by molar-refractivity contribution is 7.86. The Bertz CT molecular complexity index is 377. The van der Waals surface area contributed by atoms with Crippen LogP contribution in [0.15, 0.2) is 0 Å². The molecule has 18 heavy (non-hydrogen) atoms. The van der Waals surface area contributed by atoms with Crippen LogP contribution in [0.5, 0.6) is 0 Å². The molecule has 0 saturated carbocycles. The van der Waals surface area contributed by atoms with Gasteiger partial charge in [0.05, 0.1) is 0 Å². The predicted molar refractivity (Wildman–Crippen MR) is 68.4 cm³/mol. The molecule has 1 fully saturated rings. The van der Waals surface area contributed by atoms with E-state index in [1.165, 1.54) is 4.31 Å². The molecule has 0 aromatic carbocycles. The van der Waals surface area contributed by atoms with E-state index >= 15 is 0 Å². The first-order chi connectivity index (χ1) is 8.45. The third-order valence-electron chi connectivity index (χ3n) is 3.06. The van der Waals surface area contributed by atoms with Crippen LogP contribution in [0.4, 0.5) is 0 Å². The van der Waals surface area contributed by atoms with Crippen molar-refractivity contribution >= 4 is 16.2 Å². The number of carboxylic acid groups (broad SMARTS) is 1. The Labute approximate surface area is 109 Å². The summed E-state index contributed by atoms with van der Waals surface area (Å²) in [5, 5.41) is 9.06. The van der Waals surface area contributed by atoms with Crippen LogP contribution in [-0.2, 0) is 15.0 Å². The third-order valence-corrected chi connectivity index (χ3v) is 5.10. The largest absolute Gasteiger partial charge is 0.480 e. The quantitative estimate of drug-likeness (QED) is 0.750. The van der Waals surface area contributed by atoms with Gasteiger partial charge in [0.2, 0.25) is 0 Å². The van der Waals surface area contributed by atoms with E-state index in [4.69, 9.17) is 5.11 Å². The van der Waals surface area contributed by atoms with E-state index in [1.807, 2.05) is 13.8 Å². The number of rotatable bonds is 7. The lowest BCUT2D eigenvalue weighted by Crippen LogP contribution is -2.48. The van der Waals surface area contributed by atoms with Crippen molar-refractivity contribution in [2.75, 3.05) is 19.6 Å². The molecule has 0 bridgehead atoms. The molecular weight excluding hydrogens is 256 g/mol. The van der Waals surface area contributed by atoms with Crippen LogP contribution < -0.4 is 0 Å². The van der Waals surface area contributed by atoms with Crippen LogP contribution in [0.3, 0.4) is 0 Å². The van der Waals surface area contributed by atoms with Gasteiger partial charge in [-0.25, -0.2) is 0 Å². The molecule has 0 aromatic heterocycles. The van der Waals surface area contributed by atoms with Crippen LogP contribution in [0, 0.1) is 0 Å². The molecule has 1 aliphatic heterocycles. The fraction of sp³-hybridized carbons (Fsp3) is 0.909. The highest BCUT2D eigenvalue weighted by atomic mass is 32.2. The van der Waals surface area contributed by atoms with E-state index < -0.39 is 22.2 Å². The predicted octanol–water partition coefficient (Wildman–Crippen LogP) is 0.902. The Morgan fingerprint density at radius 3 is 2.33 bits per heavy atom. The maximum absolute atomic E-state index is 12.4. The zero-order valence-electron chi connectivity index (χ0n) is 11.0. The third kappa shape index (κ3) is 3.21. The topological polar surface area (TPSA) is 77.9 Å². The Hall–Kier alpha value is -0.660. The average molecular weight is 278 g/mol. The minimum Gasteiger partial charge on any atom is -0.480 e. The molecule has 0 aliphatic carbocycles. The number of hydrogen-bond donors (Lipinski definition) is 1. The minimum absolute atomic E-state index is 0.309. The van der Waals surface area contributed by atoms with Gasteiger partial charge in [-0.15, -0.1) is 0 Å². The lowest BCUT2D eigenvalue weighted by Gasteiger charge is -2.29. The highest BCUT2D eigenvalue weighted by Gasteiger charge is 2.41. The number of hydrogen-bond acceptors (Lipinski definition) is 3. The maximum Gasteiger partial charge on any atom is 0.322 e. The van der Waals surface area contributed by atoms with Crippen molar-refractivity contribution in [3.8, 4) is 0 Å². The summed E-state index contributed by atoms with van der Waals surface area (Å²) in [5.74, 6) is -1.05. The van der Waals surface area contributed by atoms with E-state index in [0.717, 1.165) is 17.1 Å². The second kappa shape index (κ2) is 6.49. The summed E-state index contributed by atoms with van der Waals surface area (Å²) in [4.78, 5) is 11.1. The molecule has 1 rings (SSSR count). The van der Waals surface area contributed by atoms with Gasteiger partial charge in [-0.2, -0.15) is 17.0 Å². The molecule has 1 aliphatic rings. The first-order valence-corrected chi connectivity index (χ1v) is 7.84. The normalized spacial score (nSPS) is 21.6. The molecule has 6 nitrogen and oxygen atoms in total. The van der Waals surface area contributed by atoms with Gasteiger partial charge in [0, 0.05) is 19.6 Å². The van der Waals surface area contributed by atoms with Crippen molar-refractivity contribution in [2.45, 2.75) is 45.6 Å². The van der Waals surface area contributed by atoms with Crippen LogP contribution >= 0.6 is 0 Å². The highest BCUT2D eigenvalue weighted by Crippen LogP contribution is 2.23. The Morgan fingerprint density at radius 1 is 1.33 bits per heavy atom. The summed E-state index contributed by atoms with van der Waals surface area (Å²) in [7, 11) is -3.63. The van der Waals surface area contributed by atoms with Crippen LogP contribution in [0.25, 0.3) is 0 Å². The smallest absolute Gasteiger partial charge is 0.322 e. The number of carbonyl (C=O) groups is 1. The zero-order chi connectivity index (χ0) is 13.8. The van der Waals surface area contributed by atoms with E-state index in [1.54, 1.807) is 0 Å². The van der Waals surface area contributed by atoms with Gasteiger partial charge in [0.25, 0.3) is 10.2 Å². The van der Waals surface area contributed by atoms with Crippen LogP contribution in [0.2, 0.25) is 0 Å². The second-order valence-electron chi connectivity index (χ2n) is 4.51. The molecule has 1 heterocycles. The van der Waals surface area contributed by atoms with Gasteiger partial charge in [-0.1, -0.05) is 13.8 Å². The molecule has 0 spiro atoms.